The first-order valence-corrected chi connectivity index (χ1v) is 15.9. The van der Waals surface area contributed by atoms with Crippen LogP contribution in [-0.4, -0.2) is 44.6 Å². The van der Waals surface area contributed by atoms with Gasteiger partial charge in [0.2, 0.25) is 0 Å². The van der Waals surface area contributed by atoms with E-state index in [4.69, 9.17) is 12.3 Å². The lowest BCUT2D eigenvalue weighted by atomic mass is 11.9. The molecule has 0 saturated heterocycles. The van der Waals surface area contributed by atoms with Gasteiger partial charge in [0.1, 0.15) is 0 Å². The first kappa shape index (κ1) is 16.7. The molecule has 0 aromatic heterocycles. The summed E-state index contributed by atoms with van der Waals surface area (Å²) in [4.78, 5) is 19.3. The van der Waals surface area contributed by atoms with Gasteiger partial charge in [0.25, 0.3) is 0 Å². The van der Waals surface area contributed by atoms with Crippen molar-refractivity contribution in [2.75, 3.05) is 0 Å². The van der Waals surface area contributed by atoms with Crippen molar-refractivity contribution in [2.24, 2.45) is 0 Å². The van der Waals surface area contributed by atoms with Crippen LogP contribution in [0, 0.1) is 0 Å². The first-order valence-electron chi connectivity index (χ1n) is 5.31. The molecule has 0 spiro atoms. The molecule has 0 aromatic carbocycles. The third-order valence-electron chi connectivity index (χ3n) is 1.40. The third kappa shape index (κ3) is 9.86. The highest BCUT2D eigenvalue weighted by Gasteiger charge is 2.36. The zero-order valence-corrected chi connectivity index (χ0v) is 15.4. The van der Waals surface area contributed by atoms with Gasteiger partial charge in [-0.15, -0.1) is 0 Å². The topological polar surface area (TPSA) is 68.2 Å². The summed E-state index contributed by atoms with van der Waals surface area (Å²) < 4.78 is 16.9. The molecule has 0 heterocycles. The molecule has 9 heteroatoms. The van der Waals surface area contributed by atoms with Gasteiger partial charge in [0.15, 0.2) is 0 Å². The Bertz CT molecular complexity index is 222. The molecule has 2 N–H and O–H groups in total. The van der Waals surface area contributed by atoms with E-state index >= 15 is 0 Å². The summed E-state index contributed by atoms with van der Waals surface area (Å²) in [5.41, 5.74) is 0. The molecule has 0 aliphatic carbocycles. The van der Waals surface area contributed by atoms with E-state index in [0.717, 1.165) is 0 Å². The van der Waals surface area contributed by atoms with Gasteiger partial charge in [-0.3, -0.25) is 0 Å². The van der Waals surface area contributed by atoms with Crippen molar-refractivity contribution in [3.8, 4) is 0 Å². The summed E-state index contributed by atoms with van der Waals surface area (Å²) in [6, 6.07) is 0. The van der Waals surface area contributed by atoms with Crippen molar-refractivity contribution in [2.45, 2.75) is 45.8 Å². The highest BCUT2D eigenvalue weighted by atomic mass is 28.5. The first-order chi connectivity index (χ1) is 6.81. The van der Waals surface area contributed by atoms with Crippen LogP contribution in [0.1, 0.15) is 0 Å². The van der Waals surface area contributed by atoms with Crippen LogP contribution in [0.3, 0.4) is 0 Å². The third-order valence-corrected chi connectivity index (χ3v) is 12.6. The quantitative estimate of drug-likeness (QED) is 0.716. The molecule has 0 amide bonds. The van der Waals surface area contributed by atoms with Crippen molar-refractivity contribution in [3.63, 3.8) is 0 Å². The van der Waals surface area contributed by atoms with Crippen molar-refractivity contribution >= 4 is 35.0 Å². The van der Waals surface area contributed by atoms with E-state index in [9.17, 15) is 9.59 Å². The maximum atomic E-state index is 9.70. The SMILES string of the molecule is C[SiH](O[Si](C)(C)O)O[Si](C)(C)O[Si](C)(C)O. The number of hydrogen-bond donors (Lipinski definition) is 2. The average molecular weight is 301 g/mol. The molecule has 0 aliphatic heterocycles. The number of rotatable bonds is 6. The van der Waals surface area contributed by atoms with E-state index in [1.54, 1.807) is 26.2 Å². The van der Waals surface area contributed by atoms with Crippen LogP contribution in [0.4, 0.5) is 0 Å². The molecule has 0 rings (SSSR count). The molecule has 5 nitrogen and oxygen atoms in total. The minimum atomic E-state index is -2.57. The van der Waals surface area contributed by atoms with Gasteiger partial charge in [-0.1, -0.05) is 0 Å². The van der Waals surface area contributed by atoms with Gasteiger partial charge >= 0.3 is 35.0 Å². The monoisotopic (exact) mass is 300 g/mol. The number of hydrogen-bond acceptors (Lipinski definition) is 5. The van der Waals surface area contributed by atoms with Gasteiger partial charge in [0, 0.05) is 0 Å². The summed E-state index contributed by atoms with van der Waals surface area (Å²) >= 11 is 0. The van der Waals surface area contributed by atoms with Gasteiger partial charge in [-0.2, -0.15) is 0 Å². The molecule has 0 radical (unpaired) electrons. The molecule has 0 aromatic rings. The van der Waals surface area contributed by atoms with Crippen LogP contribution < -0.4 is 0 Å². The van der Waals surface area contributed by atoms with Gasteiger partial charge in [-0.05, 0) is 45.8 Å². The Morgan fingerprint density at radius 3 is 1.56 bits per heavy atom. The molecule has 1 unspecified atom stereocenters. The summed E-state index contributed by atoms with van der Waals surface area (Å²) in [5.74, 6) is 0. The molecular weight excluding hydrogens is 276 g/mol. The minimum absolute atomic E-state index is 1.71. The van der Waals surface area contributed by atoms with Crippen molar-refractivity contribution < 1.29 is 21.9 Å². The Balaban J connectivity index is 4.26. The Kier molecular flexibility index (Phi) is 5.77. The van der Waals surface area contributed by atoms with Crippen molar-refractivity contribution in [3.05, 3.63) is 0 Å². The fourth-order valence-corrected chi connectivity index (χ4v) is 14.0. The van der Waals surface area contributed by atoms with Crippen LogP contribution in [-0.2, 0) is 12.3 Å². The molecule has 0 saturated carbocycles. The summed E-state index contributed by atoms with van der Waals surface area (Å²) in [5, 5.41) is 0. The summed E-state index contributed by atoms with van der Waals surface area (Å²) in [7, 11) is -9.32. The lowest BCUT2D eigenvalue weighted by molar-refractivity contribution is 0.293. The second-order valence-electron chi connectivity index (χ2n) is 5.20. The second-order valence-corrected chi connectivity index (χ2v) is 17.6. The maximum Gasteiger partial charge on any atom is 0.320 e. The van der Waals surface area contributed by atoms with Gasteiger partial charge in [0.05, 0.1) is 0 Å². The molecule has 0 bridgehead atoms. The zero-order chi connectivity index (χ0) is 13.2. The van der Waals surface area contributed by atoms with E-state index in [1.165, 1.54) is 0 Å². The molecule has 0 fully saturated rings. The highest BCUT2D eigenvalue weighted by Crippen LogP contribution is 2.16. The Morgan fingerprint density at radius 2 is 1.25 bits per heavy atom. The normalized spacial score (nSPS) is 16.3. The predicted molar refractivity (Wildman–Crippen MR) is 73.2 cm³/mol. The van der Waals surface area contributed by atoms with E-state index in [-0.39, 0.29) is 0 Å². The lowest BCUT2D eigenvalue weighted by Gasteiger charge is -2.33. The molecule has 1 atom stereocenters. The molecule has 16 heavy (non-hydrogen) atoms. The Hall–Kier alpha value is 0.668. The van der Waals surface area contributed by atoms with Gasteiger partial charge < -0.3 is 21.9 Å². The van der Waals surface area contributed by atoms with Crippen LogP contribution in [0.5, 0.6) is 0 Å². The van der Waals surface area contributed by atoms with Crippen LogP contribution in [0.25, 0.3) is 0 Å². The second kappa shape index (κ2) is 5.54. The zero-order valence-electron chi connectivity index (χ0n) is 11.2. The van der Waals surface area contributed by atoms with Crippen LogP contribution in [0.2, 0.25) is 45.8 Å². The fourth-order valence-electron chi connectivity index (χ4n) is 1.46. The standard InChI is InChI=1S/C7H24O5Si4/c1-13(10-14(2,3)8)11-16(6,7)12-15(4,5)9/h8-9,13H,1-7H3. The fraction of sp³-hybridized carbons (Fsp3) is 1.00. The Morgan fingerprint density at radius 1 is 0.812 bits per heavy atom. The Labute approximate surface area is 103 Å². The van der Waals surface area contributed by atoms with Crippen molar-refractivity contribution in [1.29, 1.82) is 0 Å². The minimum Gasteiger partial charge on any atom is -0.418 e. The van der Waals surface area contributed by atoms with E-state index in [0.29, 0.717) is 0 Å². The van der Waals surface area contributed by atoms with Gasteiger partial charge in [-0.25, -0.2) is 0 Å². The summed E-state index contributed by atoms with van der Waals surface area (Å²) in [6.45, 7) is 12.5. The largest absolute Gasteiger partial charge is 0.418 e. The lowest BCUT2D eigenvalue weighted by Crippen LogP contribution is -2.51. The molecular formula is C7H24O5Si4. The van der Waals surface area contributed by atoms with E-state index in [2.05, 4.69) is 0 Å². The predicted octanol–water partition coefficient (Wildman–Crippen LogP) is 0.976. The molecule has 0 aliphatic rings. The van der Waals surface area contributed by atoms with E-state index < -0.39 is 35.0 Å². The maximum absolute atomic E-state index is 9.70. The average Bonchev–Trinajstić information content (AvgIpc) is 1.70. The van der Waals surface area contributed by atoms with E-state index in [1.807, 2.05) is 19.6 Å². The molecule has 98 valence electrons. The van der Waals surface area contributed by atoms with Crippen molar-refractivity contribution in [1.82, 2.24) is 0 Å². The smallest absolute Gasteiger partial charge is 0.320 e. The summed E-state index contributed by atoms with van der Waals surface area (Å²) in [6.07, 6.45) is 0. The highest BCUT2D eigenvalue weighted by molar-refractivity contribution is 6.82. The van der Waals surface area contributed by atoms with Crippen LogP contribution >= 0.6 is 0 Å². The van der Waals surface area contributed by atoms with Crippen LogP contribution in [0.15, 0.2) is 0 Å².